The van der Waals surface area contributed by atoms with Crippen molar-refractivity contribution in [1.29, 1.82) is 0 Å². The quantitative estimate of drug-likeness (QED) is 0.156. The molecule has 31 heavy (non-hydrogen) atoms. The van der Waals surface area contributed by atoms with Crippen LogP contribution in [-0.2, 0) is 6.61 Å². The fourth-order valence-corrected chi connectivity index (χ4v) is 4.52. The lowest BCUT2D eigenvalue weighted by Gasteiger charge is -2.11. The van der Waals surface area contributed by atoms with E-state index in [9.17, 15) is 20.2 Å². The van der Waals surface area contributed by atoms with Crippen molar-refractivity contribution in [3.8, 4) is 5.75 Å². The minimum Gasteiger partial charge on any atom is -0.487 e. The fourth-order valence-electron chi connectivity index (χ4n) is 2.39. The molecule has 0 spiro atoms. The number of benzene rings is 2. The molecule has 1 N–H and O–H groups in total. The summed E-state index contributed by atoms with van der Waals surface area (Å²) in [6.07, 6.45) is 2.76. The number of halogens is 2. The number of aromatic nitrogens is 1. The van der Waals surface area contributed by atoms with Crippen molar-refractivity contribution in [2.75, 3.05) is 5.43 Å². The summed E-state index contributed by atoms with van der Waals surface area (Å²) >= 11 is 4.33. The summed E-state index contributed by atoms with van der Waals surface area (Å²) in [6, 6.07) is 12.8. The third-order valence-corrected chi connectivity index (χ3v) is 5.50. The molecule has 0 saturated heterocycles. The number of nitro benzene ring substituents is 1. The molecule has 0 aliphatic heterocycles. The summed E-state index contributed by atoms with van der Waals surface area (Å²) in [4.78, 5) is 24.3. The smallest absolute Gasteiger partial charge is 0.287 e. The third kappa shape index (κ3) is 6.30. The van der Waals surface area contributed by atoms with Crippen molar-refractivity contribution in [1.82, 2.24) is 4.98 Å². The summed E-state index contributed by atoms with van der Waals surface area (Å²) in [5.74, 6) is 1.09. The Hall–Kier alpha value is -2.88. The van der Waals surface area contributed by atoms with Crippen LogP contribution >= 0.6 is 45.2 Å². The molecule has 10 nitrogen and oxygen atoms in total. The first-order valence-corrected chi connectivity index (χ1v) is 10.7. The van der Waals surface area contributed by atoms with Gasteiger partial charge in [-0.1, -0.05) is 0 Å². The average Bonchev–Trinajstić information content (AvgIpc) is 2.74. The molecule has 0 atom stereocenters. The van der Waals surface area contributed by atoms with Crippen LogP contribution in [0.25, 0.3) is 0 Å². The van der Waals surface area contributed by atoms with Gasteiger partial charge in [0.25, 0.3) is 11.4 Å². The average molecular weight is 645 g/mol. The molecule has 0 saturated carbocycles. The lowest BCUT2D eigenvalue weighted by Crippen LogP contribution is -2.01. The van der Waals surface area contributed by atoms with Crippen LogP contribution in [0.15, 0.2) is 59.8 Å². The van der Waals surface area contributed by atoms with Gasteiger partial charge in [-0.3, -0.25) is 25.7 Å². The molecule has 158 valence electrons. The first kappa shape index (κ1) is 22.8. The molecule has 3 aromatic rings. The topological polar surface area (TPSA) is 133 Å². The number of nitrogens with zero attached hydrogens (tertiary/aromatic N) is 4. The second kappa shape index (κ2) is 10.4. The van der Waals surface area contributed by atoms with Crippen LogP contribution in [0, 0.1) is 27.4 Å². The second-order valence-electron chi connectivity index (χ2n) is 6.05. The van der Waals surface area contributed by atoms with Gasteiger partial charge in [-0.15, -0.1) is 0 Å². The van der Waals surface area contributed by atoms with E-state index in [1.165, 1.54) is 24.3 Å². The van der Waals surface area contributed by atoms with Crippen LogP contribution in [0.1, 0.15) is 11.1 Å². The van der Waals surface area contributed by atoms with Gasteiger partial charge in [0.1, 0.15) is 24.4 Å². The normalized spacial score (nSPS) is 10.8. The minimum absolute atomic E-state index is 0.0362. The third-order valence-electron chi connectivity index (χ3n) is 3.90. The number of non-ortho nitro benzene ring substituents is 1. The summed E-state index contributed by atoms with van der Waals surface area (Å²) in [6.45, 7) is 0.283. The van der Waals surface area contributed by atoms with Crippen molar-refractivity contribution >= 4 is 68.6 Å². The van der Waals surface area contributed by atoms with Crippen LogP contribution in [0.5, 0.6) is 5.75 Å². The van der Waals surface area contributed by atoms with Crippen molar-refractivity contribution in [2.24, 2.45) is 5.10 Å². The van der Waals surface area contributed by atoms with Gasteiger partial charge in [-0.25, -0.2) is 4.98 Å². The number of nitro groups is 2. The Kier molecular flexibility index (Phi) is 7.67. The van der Waals surface area contributed by atoms with Crippen molar-refractivity contribution in [3.05, 3.63) is 93.2 Å². The molecule has 0 radical (unpaired) electrons. The Morgan fingerprint density at radius 1 is 1.00 bits per heavy atom. The van der Waals surface area contributed by atoms with Crippen LogP contribution in [0.2, 0.25) is 0 Å². The van der Waals surface area contributed by atoms with Gasteiger partial charge in [-0.05, 0) is 86.6 Å². The van der Waals surface area contributed by atoms with Crippen molar-refractivity contribution < 1.29 is 14.6 Å². The number of rotatable bonds is 8. The van der Waals surface area contributed by atoms with Gasteiger partial charge in [0.05, 0.1) is 23.2 Å². The fraction of sp³-hybridized carbons (Fsp3) is 0.0526. The van der Waals surface area contributed by atoms with E-state index in [1.54, 1.807) is 18.3 Å². The Balaban J connectivity index is 1.63. The zero-order valence-corrected chi connectivity index (χ0v) is 19.9. The molecular formula is C19H13I2N5O5. The van der Waals surface area contributed by atoms with Crippen LogP contribution in [-0.4, -0.2) is 21.0 Å². The van der Waals surface area contributed by atoms with E-state index < -0.39 is 9.85 Å². The number of anilines is 1. The molecule has 1 aromatic heterocycles. The van der Waals surface area contributed by atoms with Crippen LogP contribution < -0.4 is 10.2 Å². The molecule has 0 aliphatic rings. The summed E-state index contributed by atoms with van der Waals surface area (Å²) in [5, 5.41) is 25.5. The Bertz CT molecular complexity index is 1110. The summed E-state index contributed by atoms with van der Waals surface area (Å²) in [5.41, 5.74) is 4.31. The minimum atomic E-state index is -0.519. The molecule has 1 heterocycles. The maximum Gasteiger partial charge on any atom is 0.287 e. The number of nitrogens with one attached hydrogen (secondary N) is 1. The lowest BCUT2D eigenvalue weighted by atomic mass is 10.2. The van der Waals surface area contributed by atoms with Crippen LogP contribution in [0.4, 0.5) is 17.2 Å². The molecular weight excluding hydrogens is 632 g/mol. The molecule has 0 amide bonds. The van der Waals surface area contributed by atoms with Gasteiger partial charge in [-0.2, -0.15) is 5.10 Å². The summed E-state index contributed by atoms with van der Waals surface area (Å²) < 4.78 is 7.66. The predicted octanol–water partition coefficient (Wildman–Crippen LogP) is 5.13. The van der Waals surface area contributed by atoms with Crippen LogP contribution in [0.3, 0.4) is 0 Å². The zero-order chi connectivity index (χ0) is 22.4. The summed E-state index contributed by atoms with van der Waals surface area (Å²) in [7, 11) is 0. The van der Waals surface area contributed by atoms with E-state index in [2.05, 4.69) is 60.7 Å². The second-order valence-corrected chi connectivity index (χ2v) is 8.38. The molecule has 0 bridgehead atoms. The van der Waals surface area contributed by atoms with Gasteiger partial charge >= 0.3 is 0 Å². The SMILES string of the molecule is O=[N+]([O-])c1ccc(COc2c(I)cc(/C=N/Nc3ccc([N+](=O)[O-])cn3)cc2I)cc1. The predicted molar refractivity (Wildman–Crippen MR) is 131 cm³/mol. The first-order chi connectivity index (χ1) is 14.8. The number of hydrogen-bond donors (Lipinski definition) is 1. The molecule has 0 unspecified atom stereocenters. The van der Waals surface area contributed by atoms with E-state index in [0.29, 0.717) is 11.6 Å². The number of hydrogen-bond acceptors (Lipinski definition) is 8. The highest BCUT2D eigenvalue weighted by molar-refractivity contribution is 14.1. The van der Waals surface area contributed by atoms with E-state index >= 15 is 0 Å². The Morgan fingerprint density at radius 2 is 1.61 bits per heavy atom. The number of pyridine rings is 1. The Labute approximate surface area is 203 Å². The maximum absolute atomic E-state index is 10.7. The monoisotopic (exact) mass is 645 g/mol. The molecule has 2 aromatic carbocycles. The van der Waals surface area contributed by atoms with Gasteiger partial charge < -0.3 is 4.74 Å². The highest BCUT2D eigenvalue weighted by Crippen LogP contribution is 2.29. The Morgan fingerprint density at radius 3 is 2.16 bits per heavy atom. The zero-order valence-electron chi connectivity index (χ0n) is 15.6. The van der Waals surface area contributed by atoms with Gasteiger partial charge in [0, 0.05) is 18.2 Å². The van der Waals surface area contributed by atoms with E-state index in [1.807, 2.05) is 12.1 Å². The van der Waals surface area contributed by atoms with E-state index in [4.69, 9.17) is 4.74 Å². The van der Waals surface area contributed by atoms with Crippen molar-refractivity contribution in [2.45, 2.75) is 6.61 Å². The number of hydrazone groups is 1. The van der Waals surface area contributed by atoms with E-state index in [0.717, 1.165) is 24.5 Å². The molecule has 0 fully saturated rings. The van der Waals surface area contributed by atoms with E-state index in [-0.39, 0.29) is 18.0 Å². The molecule has 12 heteroatoms. The van der Waals surface area contributed by atoms with Gasteiger partial charge in [0.2, 0.25) is 0 Å². The lowest BCUT2D eigenvalue weighted by molar-refractivity contribution is -0.385. The standard InChI is InChI=1S/C19H13I2N5O5/c20-16-7-13(9-23-24-18-6-5-15(10-22-18)26(29)30)8-17(21)19(16)31-11-12-1-3-14(4-2-12)25(27)28/h1-10H,11H2,(H,22,24)/b23-9+. The molecule has 0 aliphatic carbocycles. The largest absolute Gasteiger partial charge is 0.487 e. The maximum atomic E-state index is 10.7. The van der Waals surface area contributed by atoms with Gasteiger partial charge in [0.15, 0.2) is 0 Å². The van der Waals surface area contributed by atoms with Crippen molar-refractivity contribution in [3.63, 3.8) is 0 Å². The first-order valence-electron chi connectivity index (χ1n) is 8.58. The highest BCUT2D eigenvalue weighted by atomic mass is 127. The highest BCUT2D eigenvalue weighted by Gasteiger charge is 2.10. The number of ether oxygens (including phenoxy) is 1. The molecule has 3 rings (SSSR count).